The van der Waals surface area contributed by atoms with Crippen LogP contribution in [0, 0.1) is 5.92 Å². The summed E-state index contributed by atoms with van der Waals surface area (Å²) in [5, 5.41) is 3.10. The summed E-state index contributed by atoms with van der Waals surface area (Å²) in [5.74, 6) is 0.702. The van der Waals surface area contributed by atoms with E-state index in [1.165, 1.54) is 10.5 Å². The molecule has 0 bridgehead atoms. The molecule has 21 heavy (non-hydrogen) atoms. The van der Waals surface area contributed by atoms with Crippen LogP contribution < -0.4 is 5.32 Å². The minimum atomic E-state index is -3.50. The van der Waals surface area contributed by atoms with E-state index < -0.39 is 10.0 Å². The van der Waals surface area contributed by atoms with Crippen LogP contribution in [0.4, 0.5) is 5.69 Å². The van der Waals surface area contributed by atoms with Crippen molar-refractivity contribution < 1.29 is 8.42 Å². The van der Waals surface area contributed by atoms with Gasteiger partial charge in [-0.1, -0.05) is 6.92 Å². The van der Waals surface area contributed by atoms with Crippen molar-refractivity contribution in [3.8, 4) is 0 Å². The van der Waals surface area contributed by atoms with Crippen LogP contribution in [-0.4, -0.2) is 37.3 Å². The first-order valence-corrected chi connectivity index (χ1v) is 9.06. The van der Waals surface area contributed by atoms with Crippen molar-refractivity contribution in [3.05, 3.63) is 18.5 Å². The normalized spacial score (nSPS) is 23.2. The summed E-state index contributed by atoms with van der Waals surface area (Å²) in [6.07, 6.45) is 7.12. The average molecular weight is 311 g/mol. The molecule has 0 spiro atoms. The second kappa shape index (κ2) is 6.75. The van der Waals surface area contributed by atoms with Crippen molar-refractivity contribution in [1.29, 1.82) is 0 Å². The van der Waals surface area contributed by atoms with E-state index in [4.69, 9.17) is 0 Å². The Bertz CT molecular complexity index is 566. The largest absolute Gasteiger partial charge is 0.384 e. The van der Waals surface area contributed by atoms with Crippen molar-refractivity contribution in [3.63, 3.8) is 0 Å². The van der Waals surface area contributed by atoms with Crippen molar-refractivity contribution in [1.82, 2.24) is 9.29 Å². The number of rotatable bonds is 5. The Hall–Kier alpha value is -1.14. The van der Waals surface area contributed by atoms with Gasteiger partial charge in [0.05, 0.1) is 5.69 Å². The van der Waals surface area contributed by atoms with E-state index in [0.717, 1.165) is 25.7 Å². The second-order valence-electron chi connectivity index (χ2n) is 5.84. The summed E-state index contributed by atoms with van der Waals surface area (Å²) >= 11 is 0. The third-order valence-electron chi connectivity index (χ3n) is 4.31. The summed E-state index contributed by atoms with van der Waals surface area (Å²) in [6, 6.07) is 1.81. The highest BCUT2D eigenvalue weighted by Gasteiger charge is 2.32. The standard InChI is InChI=1S/C15H25N3O2S/c1-4-17-14-9-10-16-11-15(14)21(19,20)18(3)13-7-5-12(2)6-8-13/h9-13H,4-8H2,1-3H3,(H,16,17). The highest BCUT2D eigenvalue weighted by atomic mass is 32.2. The maximum Gasteiger partial charge on any atom is 0.246 e. The Balaban J connectivity index is 2.25. The van der Waals surface area contributed by atoms with Crippen molar-refractivity contribution in [2.75, 3.05) is 18.9 Å². The van der Waals surface area contributed by atoms with Crippen molar-refractivity contribution in [2.45, 2.75) is 50.5 Å². The van der Waals surface area contributed by atoms with Crippen LogP contribution in [0.3, 0.4) is 0 Å². The lowest BCUT2D eigenvalue weighted by Gasteiger charge is -2.33. The molecule has 0 radical (unpaired) electrons. The molecule has 1 heterocycles. The van der Waals surface area contributed by atoms with Crippen LogP contribution in [0.5, 0.6) is 0 Å². The molecule has 0 unspecified atom stereocenters. The molecular weight excluding hydrogens is 286 g/mol. The number of pyridine rings is 1. The van der Waals surface area contributed by atoms with Crippen LogP contribution in [0.2, 0.25) is 0 Å². The number of hydrogen-bond donors (Lipinski definition) is 1. The van der Waals surface area contributed by atoms with Crippen LogP contribution in [0.15, 0.2) is 23.4 Å². The third kappa shape index (κ3) is 3.55. The highest BCUT2D eigenvalue weighted by Crippen LogP contribution is 2.31. The van der Waals surface area contributed by atoms with Gasteiger partial charge >= 0.3 is 0 Å². The monoisotopic (exact) mass is 311 g/mol. The zero-order valence-electron chi connectivity index (χ0n) is 13.0. The lowest BCUT2D eigenvalue weighted by molar-refractivity contribution is 0.246. The Morgan fingerprint density at radius 1 is 1.33 bits per heavy atom. The Labute approximate surface area is 127 Å². The Morgan fingerprint density at radius 2 is 2.00 bits per heavy atom. The fourth-order valence-electron chi connectivity index (χ4n) is 2.88. The van der Waals surface area contributed by atoms with Gasteiger partial charge in [-0.15, -0.1) is 0 Å². The van der Waals surface area contributed by atoms with E-state index in [0.29, 0.717) is 18.2 Å². The first-order chi connectivity index (χ1) is 9.96. The van der Waals surface area contributed by atoms with Gasteiger partial charge in [0.1, 0.15) is 4.90 Å². The number of anilines is 1. The third-order valence-corrected chi connectivity index (χ3v) is 6.25. The molecule has 0 aromatic carbocycles. The fraction of sp³-hybridized carbons (Fsp3) is 0.667. The van der Waals surface area contributed by atoms with E-state index in [-0.39, 0.29) is 10.9 Å². The van der Waals surface area contributed by atoms with Gasteiger partial charge in [0.25, 0.3) is 0 Å². The summed E-state index contributed by atoms with van der Waals surface area (Å²) < 4.78 is 27.2. The maximum atomic E-state index is 12.9. The first-order valence-electron chi connectivity index (χ1n) is 7.62. The van der Waals surface area contributed by atoms with Crippen LogP contribution in [-0.2, 0) is 10.0 Å². The van der Waals surface area contributed by atoms with E-state index in [1.54, 1.807) is 19.3 Å². The number of sulfonamides is 1. The number of aromatic nitrogens is 1. The van der Waals surface area contributed by atoms with Gasteiger partial charge in [0, 0.05) is 32.0 Å². The van der Waals surface area contributed by atoms with Gasteiger partial charge in [-0.2, -0.15) is 4.31 Å². The molecule has 6 heteroatoms. The predicted octanol–water partition coefficient (Wildman–Crippen LogP) is 2.71. The molecule has 1 saturated carbocycles. The van der Waals surface area contributed by atoms with Crippen molar-refractivity contribution in [2.24, 2.45) is 5.92 Å². The predicted molar refractivity (Wildman–Crippen MR) is 84.8 cm³/mol. The SMILES string of the molecule is CCNc1ccncc1S(=O)(=O)N(C)C1CCC(C)CC1. The molecule has 1 aromatic heterocycles. The molecule has 0 aliphatic heterocycles. The van der Waals surface area contributed by atoms with E-state index in [1.807, 2.05) is 6.92 Å². The van der Waals surface area contributed by atoms with E-state index >= 15 is 0 Å². The van der Waals surface area contributed by atoms with Gasteiger partial charge in [0.15, 0.2) is 0 Å². The summed E-state index contributed by atoms with van der Waals surface area (Å²) in [4.78, 5) is 4.26. The Kier molecular flexibility index (Phi) is 5.22. The molecule has 0 atom stereocenters. The Morgan fingerprint density at radius 3 is 2.62 bits per heavy atom. The molecule has 5 nitrogen and oxygen atoms in total. The molecule has 0 saturated heterocycles. The van der Waals surface area contributed by atoms with E-state index in [2.05, 4.69) is 17.2 Å². The number of hydrogen-bond acceptors (Lipinski definition) is 4. The van der Waals surface area contributed by atoms with E-state index in [9.17, 15) is 8.42 Å². The molecule has 2 rings (SSSR count). The van der Waals surface area contributed by atoms with Crippen LogP contribution in [0.25, 0.3) is 0 Å². The number of nitrogens with zero attached hydrogens (tertiary/aromatic N) is 2. The van der Waals surface area contributed by atoms with Crippen LogP contribution in [0.1, 0.15) is 39.5 Å². The first kappa shape index (κ1) is 16.2. The molecule has 1 fully saturated rings. The number of nitrogens with one attached hydrogen (secondary N) is 1. The molecule has 118 valence electrons. The summed E-state index contributed by atoms with van der Waals surface area (Å²) in [6.45, 7) is 4.86. The average Bonchev–Trinajstić information content (AvgIpc) is 2.48. The zero-order valence-corrected chi connectivity index (χ0v) is 13.9. The molecule has 1 aliphatic carbocycles. The highest BCUT2D eigenvalue weighted by molar-refractivity contribution is 7.89. The minimum Gasteiger partial charge on any atom is -0.384 e. The van der Waals surface area contributed by atoms with Gasteiger partial charge in [0.2, 0.25) is 10.0 Å². The van der Waals surface area contributed by atoms with Crippen molar-refractivity contribution >= 4 is 15.7 Å². The molecule has 0 amide bonds. The van der Waals surface area contributed by atoms with Gasteiger partial charge < -0.3 is 5.32 Å². The quantitative estimate of drug-likeness (QED) is 0.908. The van der Waals surface area contributed by atoms with Gasteiger partial charge in [-0.25, -0.2) is 8.42 Å². The van der Waals surface area contributed by atoms with Crippen LogP contribution >= 0.6 is 0 Å². The van der Waals surface area contributed by atoms with Gasteiger partial charge in [-0.05, 0) is 44.6 Å². The maximum absolute atomic E-state index is 12.9. The molecular formula is C15H25N3O2S. The lowest BCUT2D eigenvalue weighted by atomic mass is 9.87. The lowest BCUT2D eigenvalue weighted by Crippen LogP contribution is -2.39. The fourth-order valence-corrected chi connectivity index (χ4v) is 4.41. The second-order valence-corrected chi connectivity index (χ2v) is 7.80. The molecule has 1 aromatic rings. The van der Waals surface area contributed by atoms with Gasteiger partial charge in [-0.3, -0.25) is 4.98 Å². The molecule has 1 aliphatic rings. The summed E-state index contributed by atoms with van der Waals surface area (Å²) in [5.41, 5.74) is 0.628. The topological polar surface area (TPSA) is 62.3 Å². The summed E-state index contributed by atoms with van der Waals surface area (Å²) in [7, 11) is -1.81. The minimum absolute atomic E-state index is 0.0980. The smallest absolute Gasteiger partial charge is 0.246 e. The molecule has 1 N–H and O–H groups in total. The zero-order chi connectivity index (χ0) is 15.5.